The van der Waals surface area contributed by atoms with Crippen molar-refractivity contribution in [2.75, 3.05) is 13.1 Å². The van der Waals surface area contributed by atoms with Crippen molar-refractivity contribution in [1.82, 2.24) is 10.2 Å². The molecular weight excluding hydrogens is 280 g/mol. The lowest BCUT2D eigenvalue weighted by atomic mass is 10.0. The van der Waals surface area contributed by atoms with Crippen molar-refractivity contribution >= 4 is 22.6 Å². The summed E-state index contributed by atoms with van der Waals surface area (Å²) in [7, 11) is 0. The van der Waals surface area contributed by atoms with Gasteiger partial charge in [0.15, 0.2) is 0 Å². The summed E-state index contributed by atoms with van der Waals surface area (Å²) in [6, 6.07) is 10.4. The molecule has 1 aliphatic rings. The van der Waals surface area contributed by atoms with Crippen LogP contribution in [-0.4, -0.2) is 41.0 Å². The number of phenols is 1. The summed E-state index contributed by atoms with van der Waals surface area (Å²) < 4.78 is 0. The van der Waals surface area contributed by atoms with Gasteiger partial charge in [0.05, 0.1) is 5.56 Å². The van der Waals surface area contributed by atoms with Crippen LogP contribution in [0.2, 0.25) is 0 Å². The van der Waals surface area contributed by atoms with Crippen LogP contribution in [0.4, 0.5) is 0 Å². The van der Waals surface area contributed by atoms with Gasteiger partial charge in [-0.25, -0.2) is 0 Å². The van der Waals surface area contributed by atoms with E-state index in [0.717, 1.165) is 10.8 Å². The predicted octanol–water partition coefficient (Wildman–Crippen LogP) is 1.90. The molecule has 2 aromatic carbocycles. The fraction of sp³-hybridized carbons (Fsp3) is 0.294. The van der Waals surface area contributed by atoms with Crippen molar-refractivity contribution in [3.05, 3.63) is 42.0 Å². The first kappa shape index (κ1) is 14.4. The maximum atomic E-state index is 12.8. The summed E-state index contributed by atoms with van der Waals surface area (Å²) in [6.07, 6.45) is 0.604. The zero-order valence-corrected chi connectivity index (χ0v) is 12.4. The normalized spacial score (nSPS) is 17.5. The first-order valence-corrected chi connectivity index (χ1v) is 7.42. The monoisotopic (exact) mass is 298 g/mol. The lowest BCUT2D eigenvalue weighted by Crippen LogP contribution is -2.44. The van der Waals surface area contributed by atoms with E-state index in [1.165, 1.54) is 4.90 Å². The molecule has 1 atom stereocenters. The zero-order chi connectivity index (χ0) is 15.7. The second-order valence-electron chi connectivity index (χ2n) is 5.40. The summed E-state index contributed by atoms with van der Waals surface area (Å²) in [5.41, 5.74) is 0.236. The summed E-state index contributed by atoms with van der Waals surface area (Å²) in [4.78, 5) is 26.1. The number of amides is 2. The van der Waals surface area contributed by atoms with Crippen LogP contribution in [0.1, 0.15) is 23.7 Å². The number of hydrogen-bond acceptors (Lipinski definition) is 3. The zero-order valence-electron chi connectivity index (χ0n) is 12.4. The number of aromatic hydroxyl groups is 1. The summed E-state index contributed by atoms with van der Waals surface area (Å²) in [5, 5.41) is 14.7. The molecular formula is C17H18N2O3. The highest BCUT2D eigenvalue weighted by molar-refractivity contribution is 6.03. The molecule has 0 radical (unpaired) electrons. The fourth-order valence-corrected chi connectivity index (χ4v) is 2.94. The molecule has 1 saturated heterocycles. The predicted molar refractivity (Wildman–Crippen MR) is 83.7 cm³/mol. The van der Waals surface area contributed by atoms with Crippen molar-refractivity contribution in [2.24, 2.45) is 0 Å². The number of nitrogens with one attached hydrogen (secondary N) is 1. The highest BCUT2D eigenvalue weighted by Gasteiger charge is 2.33. The average molecular weight is 298 g/mol. The molecule has 0 aliphatic carbocycles. The van der Waals surface area contributed by atoms with Crippen LogP contribution >= 0.6 is 0 Å². The number of benzene rings is 2. The largest absolute Gasteiger partial charge is 0.507 e. The molecule has 2 N–H and O–H groups in total. The van der Waals surface area contributed by atoms with Crippen molar-refractivity contribution in [3.63, 3.8) is 0 Å². The lowest BCUT2D eigenvalue weighted by Gasteiger charge is -2.26. The lowest BCUT2D eigenvalue weighted by molar-refractivity contribution is -0.123. The summed E-state index contributed by atoms with van der Waals surface area (Å²) in [5.74, 6) is -0.496. The van der Waals surface area contributed by atoms with Crippen LogP contribution in [0, 0.1) is 0 Å². The third kappa shape index (κ3) is 2.39. The van der Waals surface area contributed by atoms with E-state index in [4.69, 9.17) is 0 Å². The minimum Gasteiger partial charge on any atom is -0.507 e. The van der Waals surface area contributed by atoms with Crippen molar-refractivity contribution in [2.45, 2.75) is 19.4 Å². The van der Waals surface area contributed by atoms with Gasteiger partial charge in [0.1, 0.15) is 11.8 Å². The van der Waals surface area contributed by atoms with E-state index < -0.39 is 6.04 Å². The van der Waals surface area contributed by atoms with Gasteiger partial charge in [-0.2, -0.15) is 0 Å². The molecule has 0 aromatic heterocycles. The van der Waals surface area contributed by atoms with Crippen LogP contribution in [0.15, 0.2) is 36.4 Å². The van der Waals surface area contributed by atoms with E-state index in [1.54, 1.807) is 12.1 Å². The van der Waals surface area contributed by atoms with E-state index in [2.05, 4.69) is 5.32 Å². The second kappa shape index (κ2) is 5.67. The number of hydrogen-bond donors (Lipinski definition) is 2. The van der Waals surface area contributed by atoms with E-state index in [9.17, 15) is 14.7 Å². The molecule has 5 nitrogen and oxygen atoms in total. The van der Waals surface area contributed by atoms with Gasteiger partial charge in [0.2, 0.25) is 5.91 Å². The first-order valence-electron chi connectivity index (χ1n) is 7.42. The maximum Gasteiger partial charge on any atom is 0.258 e. The Kier molecular flexibility index (Phi) is 3.71. The number of carbonyl (C=O) groups excluding carboxylic acids is 2. The van der Waals surface area contributed by atoms with E-state index >= 15 is 0 Å². The van der Waals surface area contributed by atoms with Crippen LogP contribution in [0.3, 0.4) is 0 Å². The van der Waals surface area contributed by atoms with Gasteiger partial charge in [-0.1, -0.05) is 24.3 Å². The van der Waals surface area contributed by atoms with Crippen molar-refractivity contribution < 1.29 is 14.7 Å². The molecule has 1 heterocycles. The highest BCUT2D eigenvalue weighted by atomic mass is 16.3. The Hall–Kier alpha value is -2.56. The molecule has 5 heteroatoms. The molecule has 2 amide bonds. The van der Waals surface area contributed by atoms with Gasteiger partial charge >= 0.3 is 0 Å². The molecule has 0 spiro atoms. The molecule has 22 heavy (non-hydrogen) atoms. The van der Waals surface area contributed by atoms with Gasteiger partial charge in [-0.05, 0) is 36.2 Å². The van der Waals surface area contributed by atoms with Crippen LogP contribution in [0.5, 0.6) is 5.75 Å². The molecule has 0 saturated carbocycles. The topological polar surface area (TPSA) is 69.6 Å². The van der Waals surface area contributed by atoms with Crippen LogP contribution in [-0.2, 0) is 4.79 Å². The molecule has 2 aromatic rings. The third-order valence-electron chi connectivity index (χ3n) is 4.09. The molecule has 1 aliphatic heterocycles. The van der Waals surface area contributed by atoms with Crippen molar-refractivity contribution in [1.29, 1.82) is 0 Å². The van der Waals surface area contributed by atoms with E-state index in [0.29, 0.717) is 19.5 Å². The van der Waals surface area contributed by atoms with Gasteiger partial charge in [0.25, 0.3) is 5.91 Å². The van der Waals surface area contributed by atoms with E-state index in [1.807, 2.05) is 31.2 Å². The SMILES string of the molecule is CCN(C(=O)c1cc2ccccc2cc1O)C1CCNC1=O. The molecule has 1 fully saturated rings. The number of carbonyl (C=O) groups is 2. The Bertz CT molecular complexity index is 742. The number of phenolic OH excluding ortho intramolecular Hbond substituents is 1. The van der Waals surface area contributed by atoms with Gasteiger partial charge in [-0.3, -0.25) is 9.59 Å². The molecule has 1 unspecified atom stereocenters. The van der Waals surface area contributed by atoms with Gasteiger partial charge < -0.3 is 15.3 Å². The minimum absolute atomic E-state index is 0.0550. The second-order valence-corrected chi connectivity index (χ2v) is 5.40. The molecule has 3 rings (SSSR count). The smallest absolute Gasteiger partial charge is 0.258 e. The Morgan fingerprint density at radius 1 is 1.32 bits per heavy atom. The Morgan fingerprint density at radius 3 is 2.59 bits per heavy atom. The number of likely N-dealkylation sites (N-methyl/N-ethyl adjacent to an activating group) is 1. The first-order chi connectivity index (χ1) is 10.6. The Morgan fingerprint density at radius 2 is 2.00 bits per heavy atom. The standard InChI is InChI=1S/C17H18N2O3/c1-2-19(14-7-8-18-16(14)21)17(22)13-9-11-5-3-4-6-12(11)10-15(13)20/h3-6,9-10,14,20H,2,7-8H2,1H3,(H,18,21). The summed E-state index contributed by atoms with van der Waals surface area (Å²) >= 11 is 0. The van der Waals surface area contributed by atoms with Gasteiger partial charge in [0, 0.05) is 13.1 Å². The van der Waals surface area contributed by atoms with Crippen molar-refractivity contribution in [3.8, 4) is 5.75 Å². The van der Waals surface area contributed by atoms with Crippen LogP contribution < -0.4 is 5.32 Å². The maximum absolute atomic E-state index is 12.8. The minimum atomic E-state index is -0.455. The van der Waals surface area contributed by atoms with Crippen LogP contribution in [0.25, 0.3) is 10.8 Å². The molecule has 0 bridgehead atoms. The fourth-order valence-electron chi connectivity index (χ4n) is 2.94. The Labute approximate surface area is 128 Å². The highest BCUT2D eigenvalue weighted by Crippen LogP contribution is 2.27. The average Bonchev–Trinajstić information content (AvgIpc) is 2.93. The molecule has 114 valence electrons. The summed E-state index contributed by atoms with van der Waals surface area (Å²) in [6.45, 7) is 2.84. The number of rotatable bonds is 3. The Balaban J connectivity index is 1.99. The number of nitrogens with zero attached hydrogens (tertiary/aromatic N) is 1. The number of fused-ring (bicyclic) bond motifs is 1. The van der Waals surface area contributed by atoms with E-state index in [-0.39, 0.29) is 23.1 Å². The quantitative estimate of drug-likeness (QED) is 0.909. The van der Waals surface area contributed by atoms with Gasteiger partial charge in [-0.15, -0.1) is 0 Å². The third-order valence-corrected chi connectivity index (χ3v) is 4.09.